The van der Waals surface area contributed by atoms with Gasteiger partial charge in [0.25, 0.3) is 0 Å². The molecule has 7 heteroatoms. The van der Waals surface area contributed by atoms with Gasteiger partial charge in [0.05, 0.1) is 22.7 Å². The van der Waals surface area contributed by atoms with Gasteiger partial charge in [-0.05, 0) is 121 Å². The van der Waals surface area contributed by atoms with Gasteiger partial charge in [-0.1, -0.05) is 138 Å². The quantitative estimate of drug-likeness (QED) is 0.114. The largest absolute Gasteiger partial charge is 0.310 e. The average Bonchev–Trinajstić information content (AvgIpc) is 3.29. The first-order valence-corrected chi connectivity index (χ1v) is 20.4. The highest BCUT2D eigenvalue weighted by Crippen LogP contribution is 2.47. The standard InChI is InChI=1S/C53H39Cl2N5/c54-52-38-51(39-53(55)56-52)60(45-30-17-6-18-31-45)47-33-19-32-46(34-47)59(44-28-15-5-16-29-44)50-36-48(57(40-20-7-1-8-21-40)41-22-9-2-10-23-41)35-49(37-50)58(42-24-11-3-12-25-42)43-26-13-4-14-27-43/h1-39H. The Hall–Kier alpha value is -7.31. The number of rotatable bonds is 12. The lowest BCUT2D eigenvalue weighted by Gasteiger charge is -2.33. The molecule has 1 aromatic heterocycles. The Morgan fingerprint density at radius 2 is 0.417 bits per heavy atom. The predicted molar refractivity (Wildman–Crippen MR) is 253 cm³/mol. The van der Waals surface area contributed by atoms with Crippen molar-refractivity contribution < 1.29 is 0 Å². The number of hydrogen-bond acceptors (Lipinski definition) is 5. The summed E-state index contributed by atoms with van der Waals surface area (Å²) in [5.41, 5.74) is 11.7. The molecule has 0 unspecified atom stereocenters. The zero-order valence-corrected chi connectivity index (χ0v) is 34.0. The predicted octanol–water partition coefficient (Wildman–Crippen LogP) is 16.3. The molecule has 0 aliphatic heterocycles. The van der Waals surface area contributed by atoms with Gasteiger partial charge in [0.2, 0.25) is 0 Å². The summed E-state index contributed by atoms with van der Waals surface area (Å²) in [5, 5.41) is 0.625. The Kier molecular flexibility index (Phi) is 11.3. The number of pyridine rings is 1. The molecule has 0 N–H and O–H groups in total. The van der Waals surface area contributed by atoms with Gasteiger partial charge in [0, 0.05) is 45.5 Å². The van der Waals surface area contributed by atoms with E-state index < -0.39 is 0 Å². The van der Waals surface area contributed by atoms with Crippen LogP contribution in [0.3, 0.4) is 0 Å². The topological polar surface area (TPSA) is 25.9 Å². The van der Waals surface area contributed by atoms with Gasteiger partial charge >= 0.3 is 0 Å². The van der Waals surface area contributed by atoms with Crippen molar-refractivity contribution in [3.05, 3.63) is 247 Å². The van der Waals surface area contributed by atoms with Gasteiger partial charge in [-0.3, -0.25) is 0 Å². The van der Waals surface area contributed by atoms with E-state index in [1.54, 1.807) is 0 Å². The lowest BCUT2D eigenvalue weighted by Crippen LogP contribution is -2.16. The smallest absolute Gasteiger partial charge is 0.132 e. The summed E-state index contributed by atoms with van der Waals surface area (Å²) >= 11 is 13.1. The van der Waals surface area contributed by atoms with E-state index in [2.05, 4.69) is 225 Å². The van der Waals surface area contributed by atoms with Crippen LogP contribution in [0, 0.1) is 0 Å². The molecule has 9 aromatic rings. The monoisotopic (exact) mass is 815 g/mol. The van der Waals surface area contributed by atoms with Gasteiger partial charge in [0.1, 0.15) is 10.3 Å². The number of aromatic nitrogens is 1. The van der Waals surface area contributed by atoms with Crippen LogP contribution < -0.4 is 19.6 Å². The van der Waals surface area contributed by atoms with Crippen LogP contribution in [-0.2, 0) is 0 Å². The SMILES string of the molecule is Clc1cc(N(c2ccccc2)c2cccc(N(c3ccccc3)c3cc(N(c4ccccc4)c4ccccc4)cc(N(c4ccccc4)c4ccccc4)c3)c2)cc(Cl)n1. The van der Waals surface area contributed by atoms with Crippen LogP contribution in [0.5, 0.6) is 0 Å². The van der Waals surface area contributed by atoms with Gasteiger partial charge in [-0.25, -0.2) is 4.98 Å². The Labute approximate surface area is 361 Å². The van der Waals surface area contributed by atoms with Gasteiger partial charge in [-0.15, -0.1) is 0 Å². The minimum atomic E-state index is 0.313. The minimum Gasteiger partial charge on any atom is -0.310 e. The third-order valence-electron chi connectivity index (χ3n) is 10.1. The highest BCUT2D eigenvalue weighted by atomic mass is 35.5. The number of halogens is 2. The lowest BCUT2D eigenvalue weighted by atomic mass is 10.1. The molecule has 0 saturated carbocycles. The highest BCUT2D eigenvalue weighted by Gasteiger charge is 2.23. The summed E-state index contributed by atoms with van der Waals surface area (Å²) in [6, 6.07) is 81.8. The normalized spacial score (nSPS) is 10.8. The lowest BCUT2D eigenvalue weighted by molar-refractivity contribution is 1.21. The van der Waals surface area contributed by atoms with E-state index in [0.29, 0.717) is 10.3 Å². The molecule has 0 bridgehead atoms. The molecule has 290 valence electrons. The van der Waals surface area contributed by atoms with Crippen LogP contribution in [0.25, 0.3) is 0 Å². The van der Waals surface area contributed by atoms with E-state index in [1.807, 2.05) is 36.4 Å². The summed E-state index contributed by atoms with van der Waals surface area (Å²) in [4.78, 5) is 13.3. The fourth-order valence-electron chi connectivity index (χ4n) is 7.57. The summed E-state index contributed by atoms with van der Waals surface area (Å²) in [6.07, 6.45) is 0. The molecule has 5 nitrogen and oxygen atoms in total. The van der Waals surface area contributed by atoms with Gasteiger partial charge in [-0.2, -0.15) is 0 Å². The Morgan fingerprint density at radius 3 is 0.683 bits per heavy atom. The van der Waals surface area contributed by atoms with Crippen molar-refractivity contribution in [2.45, 2.75) is 0 Å². The fourth-order valence-corrected chi connectivity index (χ4v) is 8.02. The molecule has 0 spiro atoms. The second-order valence-electron chi connectivity index (χ2n) is 14.1. The minimum absolute atomic E-state index is 0.313. The van der Waals surface area contributed by atoms with Gasteiger partial charge < -0.3 is 19.6 Å². The first-order chi connectivity index (χ1) is 29.6. The van der Waals surface area contributed by atoms with Crippen LogP contribution in [-0.4, -0.2) is 4.98 Å². The number of nitrogens with zero attached hydrogens (tertiary/aromatic N) is 5. The molecule has 0 fully saturated rings. The van der Waals surface area contributed by atoms with E-state index in [1.165, 1.54) is 0 Å². The van der Waals surface area contributed by atoms with E-state index >= 15 is 0 Å². The fraction of sp³-hybridized carbons (Fsp3) is 0. The number of hydrogen-bond donors (Lipinski definition) is 0. The van der Waals surface area contributed by atoms with Crippen molar-refractivity contribution in [3.8, 4) is 0 Å². The van der Waals surface area contributed by atoms with Crippen molar-refractivity contribution in [2.24, 2.45) is 0 Å². The molecular formula is C53H39Cl2N5. The molecule has 8 aromatic carbocycles. The first-order valence-electron chi connectivity index (χ1n) is 19.7. The molecular weight excluding hydrogens is 778 g/mol. The molecule has 0 amide bonds. The van der Waals surface area contributed by atoms with Gasteiger partial charge in [0.15, 0.2) is 0 Å². The zero-order valence-electron chi connectivity index (χ0n) is 32.5. The van der Waals surface area contributed by atoms with Crippen molar-refractivity contribution in [1.29, 1.82) is 0 Å². The Morgan fingerprint density at radius 1 is 0.217 bits per heavy atom. The zero-order chi connectivity index (χ0) is 40.7. The highest BCUT2D eigenvalue weighted by molar-refractivity contribution is 6.33. The molecule has 0 atom stereocenters. The van der Waals surface area contributed by atoms with Crippen LogP contribution in [0.4, 0.5) is 68.2 Å². The maximum absolute atomic E-state index is 6.53. The van der Waals surface area contributed by atoms with E-state index in [-0.39, 0.29) is 0 Å². The second kappa shape index (κ2) is 17.7. The molecule has 0 saturated heterocycles. The maximum Gasteiger partial charge on any atom is 0.132 e. The third kappa shape index (κ3) is 8.31. The van der Waals surface area contributed by atoms with Crippen molar-refractivity contribution in [2.75, 3.05) is 19.6 Å². The number of benzene rings is 8. The van der Waals surface area contributed by atoms with Crippen LogP contribution in [0.15, 0.2) is 237 Å². The van der Waals surface area contributed by atoms with Crippen LogP contribution in [0.1, 0.15) is 0 Å². The van der Waals surface area contributed by atoms with E-state index in [0.717, 1.165) is 68.2 Å². The van der Waals surface area contributed by atoms with E-state index in [4.69, 9.17) is 23.2 Å². The average molecular weight is 817 g/mol. The molecule has 0 aliphatic rings. The van der Waals surface area contributed by atoms with Crippen molar-refractivity contribution >= 4 is 91.5 Å². The summed E-state index contributed by atoms with van der Waals surface area (Å²) in [6.45, 7) is 0. The van der Waals surface area contributed by atoms with E-state index in [9.17, 15) is 0 Å². The summed E-state index contributed by atoms with van der Waals surface area (Å²) < 4.78 is 0. The Balaban J connectivity index is 1.30. The van der Waals surface area contributed by atoms with Crippen LogP contribution in [0.2, 0.25) is 10.3 Å². The molecule has 9 rings (SSSR count). The second-order valence-corrected chi connectivity index (χ2v) is 14.8. The molecule has 0 aliphatic carbocycles. The summed E-state index contributed by atoms with van der Waals surface area (Å²) in [7, 11) is 0. The first kappa shape index (κ1) is 38.2. The molecule has 60 heavy (non-hydrogen) atoms. The third-order valence-corrected chi connectivity index (χ3v) is 10.5. The van der Waals surface area contributed by atoms with Crippen molar-refractivity contribution in [1.82, 2.24) is 4.98 Å². The maximum atomic E-state index is 6.53. The van der Waals surface area contributed by atoms with Crippen LogP contribution >= 0.6 is 23.2 Å². The number of anilines is 12. The Bertz CT molecular complexity index is 2590. The molecule has 1 heterocycles. The number of para-hydroxylation sites is 6. The molecule has 0 radical (unpaired) electrons. The summed E-state index contributed by atoms with van der Waals surface area (Å²) in [5.74, 6) is 0. The van der Waals surface area contributed by atoms with Crippen molar-refractivity contribution in [3.63, 3.8) is 0 Å².